The Morgan fingerprint density at radius 1 is 1.62 bits per heavy atom. The molecule has 1 rings (SSSR count). The Kier molecular flexibility index (Phi) is 4.01. The molecule has 0 bridgehead atoms. The number of rotatable bonds is 3. The molecule has 2 atom stereocenters. The fourth-order valence-electron chi connectivity index (χ4n) is 1.66. The Hall–Kier alpha value is 0.200. The van der Waals surface area contributed by atoms with E-state index in [4.69, 9.17) is 15.4 Å². The minimum absolute atomic E-state index is 0.0581. The van der Waals surface area contributed by atoms with Crippen molar-refractivity contribution in [2.45, 2.75) is 19.8 Å². The second-order valence-corrected chi connectivity index (χ2v) is 6.48. The number of halogens is 1. The van der Waals surface area contributed by atoms with Crippen molar-refractivity contribution in [2.24, 2.45) is 11.8 Å². The first kappa shape index (κ1) is 11.3. The zero-order chi connectivity index (χ0) is 9.90. The van der Waals surface area contributed by atoms with Gasteiger partial charge in [-0.3, -0.25) is 0 Å². The minimum atomic E-state index is -3.36. The second-order valence-electron chi connectivity index (χ2n) is 3.66. The van der Waals surface area contributed by atoms with E-state index in [2.05, 4.69) is 0 Å². The lowest BCUT2D eigenvalue weighted by molar-refractivity contribution is 0.0379. The van der Waals surface area contributed by atoms with Gasteiger partial charge in [0.15, 0.2) is 0 Å². The zero-order valence-corrected chi connectivity index (χ0v) is 9.27. The Labute approximate surface area is 83.8 Å². The largest absolute Gasteiger partial charge is 0.381 e. The lowest BCUT2D eigenvalue weighted by Crippen LogP contribution is -2.27. The van der Waals surface area contributed by atoms with E-state index in [1.165, 1.54) is 0 Å². The summed E-state index contributed by atoms with van der Waals surface area (Å²) in [7, 11) is 1.82. The summed E-state index contributed by atoms with van der Waals surface area (Å²) in [5.74, 6) is 0.507. The Bertz CT molecular complexity index is 244. The van der Waals surface area contributed by atoms with Crippen LogP contribution >= 0.6 is 10.7 Å². The molecule has 0 aromatic heterocycles. The summed E-state index contributed by atoms with van der Waals surface area (Å²) < 4.78 is 26.9. The standard InChI is InChI=1S/C8H15ClO3S/c1-7(6-13(9,10)11)8-3-2-4-12-5-8/h7-8H,2-6H2,1H3. The molecule has 0 aromatic carbocycles. The van der Waals surface area contributed by atoms with Crippen LogP contribution in [0.2, 0.25) is 0 Å². The molecule has 1 aliphatic heterocycles. The van der Waals surface area contributed by atoms with E-state index in [1.54, 1.807) is 0 Å². The first-order valence-corrected chi connectivity index (χ1v) is 6.97. The van der Waals surface area contributed by atoms with E-state index in [1.807, 2.05) is 6.92 Å². The van der Waals surface area contributed by atoms with Crippen LogP contribution in [0.5, 0.6) is 0 Å². The van der Waals surface area contributed by atoms with Gasteiger partial charge in [-0.1, -0.05) is 6.92 Å². The molecule has 1 aliphatic rings. The first-order valence-electron chi connectivity index (χ1n) is 4.49. The van der Waals surface area contributed by atoms with Gasteiger partial charge in [0.1, 0.15) is 0 Å². The van der Waals surface area contributed by atoms with Crippen LogP contribution in [0.25, 0.3) is 0 Å². The summed E-state index contributed by atoms with van der Waals surface area (Å²) in [6.45, 7) is 3.39. The van der Waals surface area contributed by atoms with Crippen molar-refractivity contribution in [1.29, 1.82) is 0 Å². The predicted octanol–water partition coefficient (Wildman–Crippen LogP) is 1.62. The van der Waals surface area contributed by atoms with E-state index in [0.717, 1.165) is 19.4 Å². The molecule has 0 spiro atoms. The van der Waals surface area contributed by atoms with Gasteiger partial charge in [0.05, 0.1) is 5.75 Å². The van der Waals surface area contributed by atoms with Crippen molar-refractivity contribution in [3.05, 3.63) is 0 Å². The van der Waals surface area contributed by atoms with Crippen LogP contribution in [0.15, 0.2) is 0 Å². The van der Waals surface area contributed by atoms with Gasteiger partial charge in [0.2, 0.25) is 9.05 Å². The maximum Gasteiger partial charge on any atom is 0.232 e. The highest BCUT2D eigenvalue weighted by Crippen LogP contribution is 2.24. The molecule has 3 nitrogen and oxygen atoms in total. The minimum Gasteiger partial charge on any atom is -0.381 e. The van der Waals surface area contributed by atoms with Crippen LogP contribution in [0, 0.1) is 11.8 Å². The Balaban J connectivity index is 2.42. The van der Waals surface area contributed by atoms with Gasteiger partial charge < -0.3 is 4.74 Å². The Morgan fingerprint density at radius 2 is 2.31 bits per heavy atom. The van der Waals surface area contributed by atoms with Gasteiger partial charge in [-0.15, -0.1) is 0 Å². The monoisotopic (exact) mass is 226 g/mol. The fourth-order valence-corrected chi connectivity index (χ4v) is 3.16. The van der Waals surface area contributed by atoms with Gasteiger partial charge in [0.25, 0.3) is 0 Å². The van der Waals surface area contributed by atoms with Crippen LogP contribution < -0.4 is 0 Å². The van der Waals surface area contributed by atoms with Crippen molar-refractivity contribution in [2.75, 3.05) is 19.0 Å². The Morgan fingerprint density at radius 3 is 2.77 bits per heavy atom. The number of ether oxygens (including phenoxy) is 1. The molecule has 0 radical (unpaired) electrons. The molecule has 78 valence electrons. The summed E-state index contributed by atoms with van der Waals surface area (Å²) in [5, 5.41) is 0. The van der Waals surface area contributed by atoms with E-state index < -0.39 is 9.05 Å². The van der Waals surface area contributed by atoms with Crippen molar-refractivity contribution < 1.29 is 13.2 Å². The summed E-state index contributed by atoms with van der Waals surface area (Å²) in [6, 6.07) is 0. The van der Waals surface area contributed by atoms with Crippen molar-refractivity contribution in [3.63, 3.8) is 0 Å². The summed E-state index contributed by atoms with van der Waals surface area (Å²) in [4.78, 5) is 0. The molecule has 0 amide bonds. The van der Waals surface area contributed by atoms with E-state index >= 15 is 0 Å². The van der Waals surface area contributed by atoms with Crippen LogP contribution in [0.3, 0.4) is 0 Å². The zero-order valence-electron chi connectivity index (χ0n) is 7.70. The smallest absolute Gasteiger partial charge is 0.232 e. The molecule has 5 heteroatoms. The van der Waals surface area contributed by atoms with Gasteiger partial charge in [-0.25, -0.2) is 8.42 Å². The van der Waals surface area contributed by atoms with Crippen LogP contribution in [0.1, 0.15) is 19.8 Å². The van der Waals surface area contributed by atoms with Crippen LogP contribution in [-0.2, 0) is 13.8 Å². The average molecular weight is 227 g/mol. The van der Waals surface area contributed by atoms with Gasteiger partial charge in [0, 0.05) is 23.9 Å². The molecule has 0 aromatic rings. The molecule has 0 N–H and O–H groups in total. The summed E-state index contributed by atoms with van der Waals surface area (Å²) in [6.07, 6.45) is 2.07. The third-order valence-corrected chi connectivity index (χ3v) is 3.76. The molecule has 2 unspecified atom stereocenters. The maximum atomic E-state index is 10.8. The van der Waals surface area contributed by atoms with Gasteiger partial charge in [-0.05, 0) is 24.7 Å². The molecule has 13 heavy (non-hydrogen) atoms. The first-order chi connectivity index (χ1) is 5.99. The second kappa shape index (κ2) is 4.62. The predicted molar refractivity (Wildman–Crippen MR) is 52.3 cm³/mol. The lowest BCUT2D eigenvalue weighted by Gasteiger charge is -2.26. The third-order valence-electron chi connectivity index (χ3n) is 2.46. The molecule has 1 saturated heterocycles. The van der Waals surface area contributed by atoms with E-state index in [-0.39, 0.29) is 11.7 Å². The van der Waals surface area contributed by atoms with E-state index in [0.29, 0.717) is 12.5 Å². The molecule has 1 fully saturated rings. The average Bonchev–Trinajstić information content (AvgIpc) is 2.03. The highest BCUT2D eigenvalue weighted by Gasteiger charge is 2.24. The molecule has 1 heterocycles. The van der Waals surface area contributed by atoms with Crippen molar-refractivity contribution in [3.8, 4) is 0 Å². The summed E-state index contributed by atoms with van der Waals surface area (Å²) >= 11 is 0. The third kappa shape index (κ3) is 4.29. The van der Waals surface area contributed by atoms with Crippen LogP contribution in [-0.4, -0.2) is 27.4 Å². The highest BCUT2D eigenvalue weighted by molar-refractivity contribution is 8.13. The molecular formula is C8H15ClO3S. The molecule has 0 aliphatic carbocycles. The maximum absolute atomic E-state index is 10.8. The van der Waals surface area contributed by atoms with Crippen LogP contribution in [0.4, 0.5) is 0 Å². The van der Waals surface area contributed by atoms with Crippen molar-refractivity contribution >= 4 is 19.7 Å². The van der Waals surface area contributed by atoms with Gasteiger partial charge >= 0.3 is 0 Å². The molecule has 0 saturated carbocycles. The topological polar surface area (TPSA) is 43.4 Å². The van der Waals surface area contributed by atoms with Gasteiger partial charge in [-0.2, -0.15) is 0 Å². The van der Waals surface area contributed by atoms with Crippen molar-refractivity contribution in [1.82, 2.24) is 0 Å². The summed E-state index contributed by atoms with van der Waals surface area (Å²) in [5.41, 5.74) is 0. The number of hydrogen-bond donors (Lipinski definition) is 0. The van der Waals surface area contributed by atoms with E-state index in [9.17, 15) is 8.42 Å². The SMILES string of the molecule is CC(CS(=O)(=O)Cl)C1CCCOC1. The normalized spacial score (nSPS) is 27.1. The lowest BCUT2D eigenvalue weighted by atomic mass is 9.91. The number of hydrogen-bond acceptors (Lipinski definition) is 3. The highest BCUT2D eigenvalue weighted by atomic mass is 35.7. The quantitative estimate of drug-likeness (QED) is 0.687. The molecular weight excluding hydrogens is 212 g/mol. The fraction of sp³-hybridized carbons (Fsp3) is 1.00.